The van der Waals surface area contributed by atoms with Crippen LogP contribution < -0.4 is 10.5 Å². The van der Waals surface area contributed by atoms with Gasteiger partial charge in [0.15, 0.2) is 0 Å². The molecule has 2 N–H and O–H groups in total. The molecule has 1 heterocycles. The summed E-state index contributed by atoms with van der Waals surface area (Å²) in [6.45, 7) is 1.44. The molecule has 0 saturated carbocycles. The van der Waals surface area contributed by atoms with Crippen LogP contribution in [0, 0.1) is 11.7 Å². The summed E-state index contributed by atoms with van der Waals surface area (Å²) in [6, 6.07) is 4.59. The normalized spacial score (nSPS) is 19.0. The lowest BCUT2D eigenvalue weighted by atomic mass is 9.87. The van der Waals surface area contributed by atoms with Crippen molar-refractivity contribution in [2.45, 2.75) is 18.9 Å². The smallest absolute Gasteiger partial charge is 0.131 e. The van der Waals surface area contributed by atoms with E-state index in [0.29, 0.717) is 17.2 Å². The van der Waals surface area contributed by atoms with Crippen molar-refractivity contribution in [2.75, 3.05) is 20.3 Å². The van der Waals surface area contributed by atoms with Crippen molar-refractivity contribution in [2.24, 2.45) is 11.7 Å². The molecule has 1 atom stereocenters. The largest absolute Gasteiger partial charge is 0.497 e. The van der Waals surface area contributed by atoms with Gasteiger partial charge in [0.05, 0.1) is 7.11 Å². The highest BCUT2D eigenvalue weighted by Gasteiger charge is 2.24. The lowest BCUT2D eigenvalue weighted by Gasteiger charge is -2.28. The second kappa shape index (κ2) is 5.47. The zero-order valence-corrected chi connectivity index (χ0v) is 9.99. The highest BCUT2D eigenvalue weighted by Crippen LogP contribution is 2.30. The second-order valence-electron chi connectivity index (χ2n) is 4.36. The Balaban J connectivity index is 2.15. The predicted octanol–water partition coefficient (Wildman–Crippen LogP) is 2.26. The minimum Gasteiger partial charge on any atom is -0.497 e. The van der Waals surface area contributed by atoms with E-state index >= 15 is 0 Å². The molecule has 4 heteroatoms. The molecule has 0 aromatic heterocycles. The third-order valence-electron chi connectivity index (χ3n) is 3.34. The Morgan fingerprint density at radius 3 is 2.71 bits per heavy atom. The average molecular weight is 239 g/mol. The van der Waals surface area contributed by atoms with E-state index < -0.39 is 0 Å². The number of methoxy groups -OCH3 is 1. The summed E-state index contributed by atoms with van der Waals surface area (Å²) in [5, 5.41) is 0. The van der Waals surface area contributed by atoms with Crippen molar-refractivity contribution >= 4 is 0 Å². The number of hydrogen-bond acceptors (Lipinski definition) is 3. The van der Waals surface area contributed by atoms with Gasteiger partial charge >= 0.3 is 0 Å². The van der Waals surface area contributed by atoms with Gasteiger partial charge in [-0.2, -0.15) is 0 Å². The van der Waals surface area contributed by atoms with Crippen molar-refractivity contribution in [3.8, 4) is 5.75 Å². The zero-order chi connectivity index (χ0) is 12.3. The summed E-state index contributed by atoms with van der Waals surface area (Å²) >= 11 is 0. The molecule has 0 unspecified atom stereocenters. The quantitative estimate of drug-likeness (QED) is 0.880. The number of halogens is 1. The molecule has 1 aliphatic heterocycles. The van der Waals surface area contributed by atoms with Crippen LogP contribution in [0.15, 0.2) is 18.2 Å². The van der Waals surface area contributed by atoms with Gasteiger partial charge in [0, 0.05) is 30.9 Å². The molecule has 94 valence electrons. The molecule has 0 amide bonds. The summed E-state index contributed by atoms with van der Waals surface area (Å²) in [6.07, 6.45) is 1.79. The van der Waals surface area contributed by atoms with Crippen LogP contribution in [-0.2, 0) is 4.74 Å². The molecular weight excluding hydrogens is 221 g/mol. The lowest BCUT2D eigenvalue weighted by molar-refractivity contribution is 0.0580. The van der Waals surface area contributed by atoms with Crippen molar-refractivity contribution in [1.82, 2.24) is 0 Å². The molecular formula is C13H18FNO2. The Labute approximate surface area is 101 Å². The highest BCUT2D eigenvalue weighted by atomic mass is 19.1. The van der Waals surface area contributed by atoms with Gasteiger partial charge in [0.2, 0.25) is 0 Å². The Morgan fingerprint density at radius 2 is 2.12 bits per heavy atom. The number of nitrogens with two attached hydrogens (primary N) is 1. The minimum atomic E-state index is -0.289. The summed E-state index contributed by atoms with van der Waals surface area (Å²) in [5.74, 6) is 0.528. The van der Waals surface area contributed by atoms with E-state index in [2.05, 4.69) is 0 Å². The third-order valence-corrected chi connectivity index (χ3v) is 3.34. The molecule has 1 saturated heterocycles. The Kier molecular flexibility index (Phi) is 3.97. The van der Waals surface area contributed by atoms with Gasteiger partial charge in [0.1, 0.15) is 11.6 Å². The first-order valence-corrected chi connectivity index (χ1v) is 5.89. The van der Waals surface area contributed by atoms with E-state index in [1.165, 1.54) is 13.2 Å². The fraction of sp³-hybridized carbons (Fsp3) is 0.538. The fourth-order valence-electron chi connectivity index (χ4n) is 2.23. The van der Waals surface area contributed by atoms with Crippen molar-refractivity contribution < 1.29 is 13.9 Å². The second-order valence-corrected chi connectivity index (χ2v) is 4.36. The first kappa shape index (κ1) is 12.3. The Bertz CT molecular complexity index is 378. The van der Waals surface area contributed by atoms with Crippen LogP contribution in [-0.4, -0.2) is 20.3 Å². The van der Waals surface area contributed by atoms with Crippen LogP contribution in [0.25, 0.3) is 0 Å². The molecule has 3 nitrogen and oxygen atoms in total. The zero-order valence-electron chi connectivity index (χ0n) is 9.99. The van der Waals surface area contributed by atoms with E-state index in [4.69, 9.17) is 15.2 Å². The van der Waals surface area contributed by atoms with Gasteiger partial charge < -0.3 is 15.2 Å². The predicted molar refractivity (Wildman–Crippen MR) is 63.4 cm³/mol. The number of benzene rings is 1. The van der Waals surface area contributed by atoms with Crippen molar-refractivity contribution in [3.63, 3.8) is 0 Å². The van der Waals surface area contributed by atoms with Crippen molar-refractivity contribution in [3.05, 3.63) is 29.6 Å². The van der Waals surface area contributed by atoms with E-state index in [1.54, 1.807) is 12.1 Å². The SMILES string of the molecule is COc1ccc([C@@H](N)C2CCOCC2)c(F)c1. The van der Waals surface area contributed by atoms with E-state index in [9.17, 15) is 4.39 Å². The fourth-order valence-corrected chi connectivity index (χ4v) is 2.23. The van der Waals surface area contributed by atoms with Gasteiger partial charge in [-0.25, -0.2) is 4.39 Å². The van der Waals surface area contributed by atoms with Gasteiger partial charge in [0.25, 0.3) is 0 Å². The highest BCUT2D eigenvalue weighted by molar-refractivity contribution is 5.31. The molecule has 1 aromatic rings. The van der Waals surface area contributed by atoms with Gasteiger partial charge in [-0.3, -0.25) is 0 Å². The molecule has 0 radical (unpaired) electrons. The maximum atomic E-state index is 13.9. The number of hydrogen-bond donors (Lipinski definition) is 1. The van der Waals surface area contributed by atoms with E-state index in [-0.39, 0.29) is 11.9 Å². The summed E-state index contributed by atoms with van der Waals surface area (Å²) < 4.78 is 24.1. The summed E-state index contributed by atoms with van der Waals surface area (Å²) in [4.78, 5) is 0. The van der Waals surface area contributed by atoms with Gasteiger partial charge in [-0.15, -0.1) is 0 Å². The van der Waals surface area contributed by atoms with Crippen LogP contribution in [0.3, 0.4) is 0 Å². The lowest BCUT2D eigenvalue weighted by Crippen LogP contribution is -2.28. The standard InChI is InChI=1S/C13H18FNO2/c1-16-10-2-3-11(12(14)8-10)13(15)9-4-6-17-7-5-9/h2-3,8-9,13H,4-7,15H2,1H3/t13-/m0/s1. The molecule has 0 spiro atoms. The van der Waals surface area contributed by atoms with Crippen LogP contribution in [0.5, 0.6) is 5.75 Å². The maximum Gasteiger partial charge on any atom is 0.131 e. The van der Waals surface area contributed by atoms with E-state index in [0.717, 1.165) is 26.1 Å². The van der Waals surface area contributed by atoms with Gasteiger partial charge in [-0.05, 0) is 24.8 Å². The van der Waals surface area contributed by atoms with Crippen LogP contribution in [0.2, 0.25) is 0 Å². The maximum absolute atomic E-state index is 13.9. The minimum absolute atomic E-state index is 0.259. The topological polar surface area (TPSA) is 44.5 Å². The number of ether oxygens (including phenoxy) is 2. The molecule has 2 rings (SSSR count). The molecule has 0 bridgehead atoms. The first-order chi connectivity index (χ1) is 8.22. The summed E-state index contributed by atoms with van der Waals surface area (Å²) in [5.41, 5.74) is 6.69. The molecule has 1 aromatic carbocycles. The summed E-state index contributed by atoms with van der Waals surface area (Å²) in [7, 11) is 1.52. The monoisotopic (exact) mass is 239 g/mol. The van der Waals surface area contributed by atoms with Gasteiger partial charge in [-0.1, -0.05) is 6.07 Å². The molecule has 0 aliphatic carbocycles. The van der Waals surface area contributed by atoms with Crippen LogP contribution in [0.1, 0.15) is 24.4 Å². The Hall–Kier alpha value is -1.13. The van der Waals surface area contributed by atoms with Crippen molar-refractivity contribution in [1.29, 1.82) is 0 Å². The van der Waals surface area contributed by atoms with E-state index in [1.807, 2.05) is 0 Å². The molecule has 1 fully saturated rings. The average Bonchev–Trinajstić information content (AvgIpc) is 2.39. The Morgan fingerprint density at radius 1 is 1.41 bits per heavy atom. The number of rotatable bonds is 3. The van der Waals surface area contributed by atoms with Crippen LogP contribution in [0.4, 0.5) is 4.39 Å². The van der Waals surface area contributed by atoms with Crippen LogP contribution >= 0.6 is 0 Å². The molecule has 17 heavy (non-hydrogen) atoms. The molecule has 1 aliphatic rings. The first-order valence-electron chi connectivity index (χ1n) is 5.89. The third kappa shape index (κ3) is 2.76.